The first-order chi connectivity index (χ1) is 8.82. The Hall–Kier alpha value is -2.12. The maximum atomic E-state index is 10.7. The maximum Gasteiger partial charge on any atom is 0.335 e. The van der Waals surface area contributed by atoms with Crippen LogP contribution in [0.2, 0.25) is 0 Å². The molecule has 7 heteroatoms. The number of hydrogen-bond donors (Lipinski definition) is 5. The number of aromatic carboxylic acids is 1. The zero-order chi connectivity index (χ0) is 14.6. The van der Waals surface area contributed by atoms with Crippen LogP contribution in [0.15, 0.2) is 18.2 Å². The molecule has 0 spiro atoms. The predicted molar refractivity (Wildman–Crippen MR) is 64.7 cm³/mol. The number of carbonyl (C=O) groups is 2. The van der Waals surface area contributed by atoms with Crippen molar-refractivity contribution in [2.75, 3.05) is 6.54 Å². The molecule has 0 bridgehead atoms. The summed E-state index contributed by atoms with van der Waals surface area (Å²) in [6.45, 7) is 1.08. The number of carbonyl (C=O) groups excluding carboxylic acids is 1. The van der Waals surface area contributed by atoms with Crippen molar-refractivity contribution >= 4 is 11.9 Å². The average molecular weight is 269 g/mol. The second kappa shape index (κ2) is 6.17. The van der Waals surface area contributed by atoms with Gasteiger partial charge < -0.3 is 25.7 Å². The Morgan fingerprint density at radius 3 is 2.42 bits per heavy atom. The van der Waals surface area contributed by atoms with Crippen molar-refractivity contribution in [3.05, 3.63) is 29.3 Å². The van der Waals surface area contributed by atoms with Gasteiger partial charge in [-0.3, -0.25) is 4.79 Å². The number of benzene rings is 1. The first-order valence-electron chi connectivity index (χ1n) is 5.49. The molecule has 0 saturated heterocycles. The third kappa shape index (κ3) is 3.94. The summed E-state index contributed by atoms with van der Waals surface area (Å²) in [6, 6.07) is 3.39. The quantitative estimate of drug-likeness (QED) is 0.496. The Morgan fingerprint density at radius 2 is 1.95 bits per heavy atom. The molecule has 19 heavy (non-hydrogen) atoms. The SMILES string of the molecule is CC(=O)NCC(O)C(O)c1ccc(C(=O)O)cc1O. The normalized spacial score (nSPS) is 13.6. The van der Waals surface area contributed by atoms with Gasteiger partial charge in [0.25, 0.3) is 0 Å². The standard InChI is InChI=1S/C12H15NO6/c1-6(14)13-5-10(16)11(17)8-3-2-7(12(18)19)4-9(8)15/h2-4,10-11,15-17H,5H2,1H3,(H,13,14)(H,18,19). The van der Waals surface area contributed by atoms with Gasteiger partial charge in [-0.1, -0.05) is 6.07 Å². The molecule has 0 aliphatic rings. The van der Waals surface area contributed by atoms with E-state index in [0.717, 1.165) is 6.07 Å². The minimum atomic E-state index is -1.44. The number of carboxylic acid groups (broad SMARTS) is 1. The van der Waals surface area contributed by atoms with Gasteiger partial charge >= 0.3 is 5.97 Å². The maximum absolute atomic E-state index is 10.7. The number of phenolic OH excluding ortho intramolecular Hbond substituents is 1. The van der Waals surface area contributed by atoms with Gasteiger partial charge in [0, 0.05) is 19.0 Å². The van der Waals surface area contributed by atoms with Gasteiger partial charge in [-0.15, -0.1) is 0 Å². The fourth-order valence-electron chi connectivity index (χ4n) is 1.49. The van der Waals surface area contributed by atoms with E-state index in [0.29, 0.717) is 0 Å². The molecular weight excluding hydrogens is 254 g/mol. The van der Waals surface area contributed by atoms with Gasteiger partial charge in [0.15, 0.2) is 0 Å². The minimum Gasteiger partial charge on any atom is -0.508 e. The number of aliphatic hydroxyl groups excluding tert-OH is 2. The minimum absolute atomic E-state index is 0.0112. The number of carboxylic acids is 1. The monoisotopic (exact) mass is 269 g/mol. The number of hydrogen-bond acceptors (Lipinski definition) is 5. The second-order valence-corrected chi connectivity index (χ2v) is 4.03. The molecule has 1 aromatic rings. The van der Waals surface area contributed by atoms with Crippen molar-refractivity contribution in [2.45, 2.75) is 19.1 Å². The number of aliphatic hydroxyl groups is 2. The van der Waals surface area contributed by atoms with E-state index in [1.54, 1.807) is 0 Å². The van der Waals surface area contributed by atoms with Crippen molar-refractivity contribution in [2.24, 2.45) is 0 Å². The number of amides is 1. The van der Waals surface area contributed by atoms with Crippen LogP contribution in [0.3, 0.4) is 0 Å². The largest absolute Gasteiger partial charge is 0.508 e. The molecule has 0 aliphatic carbocycles. The van der Waals surface area contributed by atoms with Gasteiger partial charge in [0.1, 0.15) is 18.0 Å². The highest BCUT2D eigenvalue weighted by Crippen LogP contribution is 2.27. The molecule has 0 aliphatic heterocycles. The Balaban J connectivity index is 2.84. The van der Waals surface area contributed by atoms with Crippen LogP contribution in [-0.4, -0.2) is 45.0 Å². The summed E-state index contributed by atoms with van der Waals surface area (Å²) in [6.07, 6.45) is -2.75. The van der Waals surface area contributed by atoms with Crippen molar-refractivity contribution in [3.8, 4) is 5.75 Å². The summed E-state index contributed by atoms with van der Waals surface area (Å²) in [5.74, 6) is -2.01. The summed E-state index contributed by atoms with van der Waals surface area (Å²) >= 11 is 0. The molecule has 0 aromatic heterocycles. The lowest BCUT2D eigenvalue weighted by Crippen LogP contribution is -2.34. The Bertz CT molecular complexity index is 487. The number of nitrogens with one attached hydrogen (secondary N) is 1. The highest BCUT2D eigenvalue weighted by atomic mass is 16.4. The molecule has 0 fully saturated rings. The molecule has 1 aromatic carbocycles. The third-order valence-electron chi connectivity index (χ3n) is 2.52. The predicted octanol–water partition coefficient (Wildman–Crippen LogP) is -0.379. The topological polar surface area (TPSA) is 127 Å². The molecule has 2 atom stereocenters. The lowest BCUT2D eigenvalue weighted by atomic mass is 10.0. The molecule has 104 valence electrons. The van der Waals surface area contributed by atoms with Crippen LogP contribution < -0.4 is 5.32 Å². The van der Waals surface area contributed by atoms with Crippen molar-refractivity contribution < 1.29 is 30.0 Å². The molecule has 0 radical (unpaired) electrons. The molecule has 7 nitrogen and oxygen atoms in total. The highest BCUT2D eigenvalue weighted by molar-refractivity contribution is 5.88. The molecule has 1 rings (SSSR count). The van der Waals surface area contributed by atoms with E-state index >= 15 is 0 Å². The fourth-order valence-corrected chi connectivity index (χ4v) is 1.49. The molecule has 1 amide bonds. The van der Waals surface area contributed by atoms with Crippen molar-refractivity contribution in [3.63, 3.8) is 0 Å². The van der Waals surface area contributed by atoms with E-state index in [1.807, 2.05) is 0 Å². The van der Waals surface area contributed by atoms with Gasteiger partial charge in [0.2, 0.25) is 5.91 Å². The van der Waals surface area contributed by atoms with Crippen LogP contribution in [0.4, 0.5) is 0 Å². The molecule has 0 saturated carbocycles. The number of aromatic hydroxyl groups is 1. The number of phenols is 1. The molecule has 5 N–H and O–H groups in total. The summed E-state index contributed by atoms with van der Waals surface area (Å²) in [5.41, 5.74) is -0.146. The zero-order valence-corrected chi connectivity index (χ0v) is 10.2. The summed E-state index contributed by atoms with van der Waals surface area (Å²) in [4.78, 5) is 21.4. The molecular formula is C12H15NO6. The van der Waals surface area contributed by atoms with E-state index in [9.17, 15) is 24.9 Å². The van der Waals surface area contributed by atoms with Crippen LogP contribution in [-0.2, 0) is 4.79 Å². The van der Waals surface area contributed by atoms with Crippen LogP contribution in [0.1, 0.15) is 28.9 Å². The first kappa shape index (κ1) is 14.9. The average Bonchev–Trinajstić information content (AvgIpc) is 2.34. The van der Waals surface area contributed by atoms with Crippen LogP contribution >= 0.6 is 0 Å². The Morgan fingerprint density at radius 1 is 1.32 bits per heavy atom. The zero-order valence-electron chi connectivity index (χ0n) is 10.2. The van der Waals surface area contributed by atoms with Gasteiger partial charge in [-0.25, -0.2) is 4.79 Å². The molecule has 0 heterocycles. The lowest BCUT2D eigenvalue weighted by Gasteiger charge is -2.19. The third-order valence-corrected chi connectivity index (χ3v) is 2.52. The smallest absolute Gasteiger partial charge is 0.335 e. The van der Waals surface area contributed by atoms with Crippen LogP contribution in [0, 0.1) is 0 Å². The highest BCUT2D eigenvalue weighted by Gasteiger charge is 2.22. The first-order valence-corrected chi connectivity index (χ1v) is 5.49. The Labute approximate surface area is 109 Å². The van der Waals surface area contributed by atoms with E-state index in [1.165, 1.54) is 19.1 Å². The van der Waals surface area contributed by atoms with Gasteiger partial charge in [-0.05, 0) is 12.1 Å². The second-order valence-electron chi connectivity index (χ2n) is 4.03. The van der Waals surface area contributed by atoms with Gasteiger partial charge in [-0.2, -0.15) is 0 Å². The summed E-state index contributed by atoms with van der Waals surface area (Å²) in [5, 5.41) is 40.1. The van der Waals surface area contributed by atoms with Crippen LogP contribution in [0.5, 0.6) is 5.75 Å². The Kier molecular flexibility index (Phi) is 4.85. The van der Waals surface area contributed by atoms with Crippen molar-refractivity contribution in [1.29, 1.82) is 0 Å². The van der Waals surface area contributed by atoms with Crippen molar-refractivity contribution in [1.82, 2.24) is 5.32 Å². The van der Waals surface area contributed by atoms with E-state index in [4.69, 9.17) is 5.11 Å². The van der Waals surface area contributed by atoms with Crippen LogP contribution in [0.25, 0.3) is 0 Å². The fraction of sp³-hybridized carbons (Fsp3) is 0.333. The van der Waals surface area contributed by atoms with E-state index in [2.05, 4.69) is 5.32 Å². The summed E-state index contributed by atoms with van der Waals surface area (Å²) in [7, 11) is 0. The number of rotatable bonds is 5. The molecule has 2 unspecified atom stereocenters. The summed E-state index contributed by atoms with van der Waals surface area (Å²) < 4.78 is 0. The van der Waals surface area contributed by atoms with Gasteiger partial charge in [0.05, 0.1) is 5.56 Å². The lowest BCUT2D eigenvalue weighted by molar-refractivity contribution is -0.119. The van der Waals surface area contributed by atoms with E-state index in [-0.39, 0.29) is 23.6 Å². The van der Waals surface area contributed by atoms with E-state index < -0.39 is 23.9 Å².